The van der Waals surface area contributed by atoms with E-state index in [-0.39, 0.29) is 0 Å². The van der Waals surface area contributed by atoms with Crippen LogP contribution in [0, 0.1) is 23.7 Å². The van der Waals surface area contributed by atoms with E-state index < -0.39 is 0 Å². The van der Waals surface area contributed by atoms with Crippen molar-refractivity contribution in [2.45, 2.75) is 154 Å². The molecule has 30 heteroatoms. The Morgan fingerprint density at radius 3 is 0.739 bits per heavy atom. The van der Waals surface area contributed by atoms with E-state index in [1.165, 1.54) is 0 Å². The number of nitrogens with one attached hydrogen (secondary N) is 6. The standard InChI is InChI=1S/C58H74N24O6/c1(7-19-53-59-71-72-60-53)13-33-83-47-29-31-49(85-35-15-3-9-21-55-63-75-76-64-55)43(39-47)25-27-45-41-52(88-38-18-6-12-24-58-69-81-82-70-58)46(42-51(45)87-37-17-5-11-23-57-67-79-80-68-57)28-26-44-40-48(84-34-14-2-8-20-54-61-73-74-62-54)30-32-50(44)86-36-16-4-10-22-56-65-77-78-66-56/h29-32,39-42H,1-24,33-38H2,(H,59,60,71,72)(H,61,62,73,74)(H,63,64,75,76)(H,65,66,77,78)(H,67,68,79,80)(H,69,70,81,82). The third-order valence-electron chi connectivity index (χ3n) is 13.8. The van der Waals surface area contributed by atoms with E-state index in [0.29, 0.717) is 144 Å². The number of unbranched alkanes of at least 4 members (excludes halogenated alkanes) is 12. The van der Waals surface area contributed by atoms with Gasteiger partial charge in [-0.2, -0.15) is 31.3 Å². The molecule has 0 amide bonds. The number of aromatic nitrogens is 24. The van der Waals surface area contributed by atoms with Crippen molar-refractivity contribution in [2.75, 3.05) is 39.6 Å². The Hall–Kier alpha value is -10.0. The lowest BCUT2D eigenvalue weighted by Gasteiger charge is -2.14. The van der Waals surface area contributed by atoms with E-state index in [2.05, 4.69) is 147 Å². The molecule has 0 aliphatic rings. The molecule has 0 spiro atoms. The minimum atomic E-state index is 0.414. The number of rotatable bonds is 42. The van der Waals surface area contributed by atoms with Gasteiger partial charge in [0.25, 0.3) is 0 Å². The average Bonchev–Trinajstić information content (AvgIpc) is 4.50. The normalized spacial score (nSPS) is 11.0. The summed E-state index contributed by atoms with van der Waals surface area (Å²) in [5.74, 6) is 21.7. The predicted octanol–water partition coefficient (Wildman–Crippen LogP) is 6.32. The first-order valence-corrected chi connectivity index (χ1v) is 30.3. The molecule has 9 rings (SSSR count). The van der Waals surface area contributed by atoms with Crippen LogP contribution < -0.4 is 28.4 Å². The van der Waals surface area contributed by atoms with Crippen LogP contribution in [0.3, 0.4) is 0 Å². The molecule has 88 heavy (non-hydrogen) atoms. The van der Waals surface area contributed by atoms with Gasteiger partial charge in [0, 0.05) is 50.7 Å². The molecule has 6 heterocycles. The number of hydrogen-bond donors (Lipinski definition) is 6. The predicted molar refractivity (Wildman–Crippen MR) is 315 cm³/mol. The van der Waals surface area contributed by atoms with Gasteiger partial charge in [0.15, 0.2) is 34.9 Å². The smallest absolute Gasteiger partial charge is 0.174 e. The fourth-order valence-corrected chi connectivity index (χ4v) is 9.12. The van der Waals surface area contributed by atoms with Gasteiger partial charge < -0.3 is 28.4 Å². The van der Waals surface area contributed by atoms with Crippen LogP contribution >= 0.6 is 0 Å². The first-order chi connectivity index (χ1) is 43.7. The van der Waals surface area contributed by atoms with E-state index >= 15 is 0 Å². The fourth-order valence-electron chi connectivity index (χ4n) is 9.12. The molecule has 0 atom stereocenters. The quantitative estimate of drug-likeness (QED) is 0.0180. The molecule has 0 aliphatic heterocycles. The highest BCUT2D eigenvalue weighted by Crippen LogP contribution is 2.32. The molecule has 0 radical (unpaired) electrons. The molecule has 0 unspecified atom stereocenters. The molecule has 6 N–H and O–H groups in total. The second-order valence-corrected chi connectivity index (χ2v) is 20.6. The van der Waals surface area contributed by atoms with Crippen molar-refractivity contribution >= 4 is 0 Å². The summed E-state index contributed by atoms with van der Waals surface area (Å²) in [6.45, 7) is 2.83. The van der Waals surface area contributed by atoms with E-state index in [9.17, 15) is 0 Å². The molecule has 9 aromatic rings. The summed E-state index contributed by atoms with van der Waals surface area (Å²) in [6.07, 6.45) is 20.0. The van der Waals surface area contributed by atoms with Crippen LogP contribution in [-0.4, -0.2) is 163 Å². The summed E-state index contributed by atoms with van der Waals surface area (Å²) in [6, 6.07) is 15.4. The maximum absolute atomic E-state index is 6.69. The van der Waals surface area contributed by atoms with Crippen LogP contribution in [-0.2, 0) is 38.5 Å². The number of hydrogen-bond acceptors (Lipinski definition) is 24. The van der Waals surface area contributed by atoms with Gasteiger partial charge in [-0.3, -0.25) is 0 Å². The highest BCUT2D eigenvalue weighted by molar-refractivity contribution is 5.62. The maximum Gasteiger partial charge on any atom is 0.174 e. The molecule has 3 aromatic carbocycles. The number of aryl methyl sites for hydroxylation is 6. The summed E-state index contributed by atoms with van der Waals surface area (Å²) in [5.41, 5.74) is 2.54. The topological polar surface area (TPSA) is 382 Å². The van der Waals surface area contributed by atoms with Crippen molar-refractivity contribution in [3.8, 4) is 58.2 Å². The Kier molecular flexibility index (Phi) is 26.1. The number of tetrazole rings is 6. The van der Waals surface area contributed by atoms with Gasteiger partial charge in [0.1, 0.15) is 34.5 Å². The Morgan fingerprint density at radius 1 is 0.250 bits per heavy atom. The van der Waals surface area contributed by atoms with Gasteiger partial charge in [-0.15, -0.1) is 61.2 Å². The number of ether oxygens (including phenoxy) is 6. The van der Waals surface area contributed by atoms with Crippen molar-refractivity contribution in [1.82, 2.24) is 124 Å². The fraction of sp³-hybridized carbons (Fsp3) is 0.517. The highest BCUT2D eigenvalue weighted by Gasteiger charge is 2.15. The SMILES string of the molecule is C(#Cc1cc(OCCCCCc2nn[nH]n2)c(C#Cc2cc(OCCCCCc3nn[nH]n3)ccc2OCCCCCc2nn[nH]n2)cc1OCCCCCc1nn[nH]n1)c1cc(OCCCCCc2nn[nH]n2)ccc1OCCCCCc1nn[nH]n1. The highest BCUT2D eigenvalue weighted by atomic mass is 16.5. The van der Waals surface area contributed by atoms with Gasteiger partial charge in [0.05, 0.1) is 61.9 Å². The summed E-state index contributed by atoms with van der Waals surface area (Å²) in [4.78, 5) is 0. The zero-order valence-electron chi connectivity index (χ0n) is 49.3. The van der Waals surface area contributed by atoms with Crippen LogP contribution in [0.1, 0.15) is 173 Å². The molecular weight excluding hydrogens is 1130 g/mol. The minimum absolute atomic E-state index is 0.414. The van der Waals surface area contributed by atoms with Crippen molar-refractivity contribution in [2.24, 2.45) is 0 Å². The van der Waals surface area contributed by atoms with E-state index in [1.807, 2.05) is 48.5 Å². The largest absolute Gasteiger partial charge is 0.494 e. The van der Waals surface area contributed by atoms with Crippen molar-refractivity contribution in [1.29, 1.82) is 0 Å². The molecule has 0 aliphatic carbocycles. The lowest BCUT2D eigenvalue weighted by Crippen LogP contribution is -2.04. The van der Waals surface area contributed by atoms with Gasteiger partial charge in [0.2, 0.25) is 0 Å². The van der Waals surface area contributed by atoms with E-state index in [0.717, 1.165) is 141 Å². The first kappa shape index (κ1) is 62.5. The van der Waals surface area contributed by atoms with Crippen LogP contribution in [0.5, 0.6) is 34.5 Å². The molecule has 0 bridgehead atoms. The zero-order chi connectivity index (χ0) is 60.1. The van der Waals surface area contributed by atoms with Gasteiger partial charge in [-0.05, 0) is 152 Å². The minimum Gasteiger partial charge on any atom is -0.494 e. The Bertz CT molecular complexity index is 3210. The van der Waals surface area contributed by atoms with Crippen LogP contribution in [0.4, 0.5) is 0 Å². The van der Waals surface area contributed by atoms with Crippen LogP contribution in [0.2, 0.25) is 0 Å². The van der Waals surface area contributed by atoms with Gasteiger partial charge in [-0.25, -0.2) is 0 Å². The third kappa shape index (κ3) is 22.4. The number of benzene rings is 3. The van der Waals surface area contributed by atoms with Crippen molar-refractivity contribution < 1.29 is 28.4 Å². The van der Waals surface area contributed by atoms with Crippen molar-refractivity contribution in [3.63, 3.8) is 0 Å². The lowest BCUT2D eigenvalue weighted by atomic mass is 10.1. The first-order valence-electron chi connectivity index (χ1n) is 30.3. The Labute approximate surface area is 508 Å². The summed E-state index contributed by atoms with van der Waals surface area (Å²) in [7, 11) is 0. The van der Waals surface area contributed by atoms with Crippen LogP contribution in [0.25, 0.3) is 0 Å². The van der Waals surface area contributed by atoms with Crippen LogP contribution in [0.15, 0.2) is 48.5 Å². The monoisotopic (exact) mass is 1200 g/mol. The molecule has 30 nitrogen and oxygen atoms in total. The number of aromatic amines is 6. The Morgan fingerprint density at radius 2 is 0.489 bits per heavy atom. The second kappa shape index (κ2) is 36.8. The van der Waals surface area contributed by atoms with Gasteiger partial charge >= 0.3 is 0 Å². The number of nitrogens with zero attached hydrogens (tertiary/aromatic N) is 18. The second-order valence-electron chi connectivity index (χ2n) is 20.6. The summed E-state index contributed by atoms with van der Waals surface area (Å²) < 4.78 is 38.9. The molecule has 0 saturated heterocycles. The van der Waals surface area contributed by atoms with Crippen molar-refractivity contribution in [3.05, 3.63) is 106 Å². The molecule has 0 saturated carbocycles. The zero-order valence-corrected chi connectivity index (χ0v) is 49.3. The summed E-state index contributed by atoms with van der Waals surface area (Å²) in [5, 5.41) is 86.2. The van der Waals surface area contributed by atoms with Gasteiger partial charge in [-0.1, -0.05) is 55.0 Å². The number of H-pyrrole nitrogens is 6. The molecule has 6 aromatic heterocycles. The molecule has 462 valence electrons. The lowest BCUT2D eigenvalue weighted by molar-refractivity contribution is 0.295. The summed E-state index contributed by atoms with van der Waals surface area (Å²) >= 11 is 0. The molecule has 0 fully saturated rings. The Balaban J connectivity index is 0.976. The average molecular weight is 1200 g/mol. The van der Waals surface area contributed by atoms with E-state index in [4.69, 9.17) is 28.4 Å². The molecular formula is C58H74N24O6. The maximum atomic E-state index is 6.69. The third-order valence-corrected chi connectivity index (χ3v) is 13.8. The van der Waals surface area contributed by atoms with E-state index in [1.54, 1.807) is 0 Å².